The summed E-state index contributed by atoms with van der Waals surface area (Å²) in [6.45, 7) is 0. The van der Waals surface area contributed by atoms with Crippen molar-refractivity contribution in [1.82, 2.24) is 0 Å². The lowest BCUT2D eigenvalue weighted by Gasteiger charge is -1.98. The first-order chi connectivity index (χ1) is 6.74. The lowest BCUT2D eigenvalue weighted by Crippen LogP contribution is -1.90. The van der Waals surface area contributed by atoms with Crippen molar-refractivity contribution in [1.29, 1.82) is 0 Å². The van der Waals surface area contributed by atoms with Gasteiger partial charge in [-0.3, -0.25) is 10.1 Å². The zero-order valence-corrected chi connectivity index (χ0v) is 7.77. The minimum Gasteiger partial charge on any atom is -0.258 e. The Morgan fingerprint density at radius 1 is 1.50 bits per heavy atom. The van der Waals surface area contributed by atoms with Crippen LogP contribution in [0.2, 0.25) is 0 Å². The molecule has 1 aromatic rings. The molecule has 0 saturated carbocycles. The van der Waals surface area contributed by atoms with Gasteiger partial charge < -0.3 is 0 Å². The molecular weight excluding hydrogens is 178 g/mol. The SMILES string of the molecule is C#CCCCc1cccc([N+](=O)[O-])c1. The van der Waals surface area contributed by atoms with Gasteiger partial charge in [0.25, 0.3) is 5.69 Å². The van der Waals surface area contributed by atoms with E-state index < -0.39 is 0 Å². The van der Waals surface area contributed by atoms with Crippen molar-refractivity contribution in [2.24, 2.45) is 0 Å². The first-order valence-corrected chi connectivity index (χ1v) is 4.41. The number of unbranched alkanes of at least 4 members (excludes halogenated alkanes) is 1. The van der Waals surface area contributed by atoms with Crippen LogP contribution in [0.1, 0.15) is 18.4 Å². The second-order valence-corrected chi connectivity index (χ2v) is 2.98. The van der Waals surface area contributed by atoms with Gasteiger partial charge in [-0.2, -0.15) is 0 Å². The molecule has 0 heterocycles. The summed E-state index contributed by atoms with van der Waals surface area (Å²) in [4.78, 5) is 10.1. The topological polar surface area (TPSA) is 43.1 Å². The van der Waals surface area contributed by atoms with E-state index in [0.29, 0.717) is 6.42 Å². The van der Waals surface area contributed by atoms with Crippen LogP contribution in [0.15, 0.2) is 24.3 Å². The highest BCUT2D eigenvalue weighted by Gasteiger charge is 2.04. The highest BCUT2D eigenvalue weighted by molar-refractivity contribution is 5.34. The third-order valence-electron chi connectivity index (χ3n) is 1.91. The van der Waals surface area contributed by atoms with Crippen molar-refractivity contribution in [3.8, 4) is 12.3 Å². The van der Waals surface area contributed by atoms with Gasteiger partial charge in [0, 0.05) is 18.6 Å². The Hall–Kier alpha value is -1.82. The van der Waals surface area contributed by atoms with E-state index in [-0.39, 0.29) is 10.6 Å². The standard InChI is InChI=1S/C11H11NO2/c1-2-3-4-6-10-7-5-8-11(9-10)12(13)14/h1,5,7-9H,3-4,6H2. The van der Waals surface area contributed by atoms with Crippen LogP contribution in [0.5, 0.6) is 0 Å². The maximum absolute atomic E-state index is 10.5. The highest BCUT2D eigenvalue weighted by atomic mass is 16.6. The van der Waals surface area contributed by atoms with Gasteiger partial charge in [0.05, 0.1) is 4.92 Å². The van der Waals surface area contributed by atoms with Crippen LogP contribution in [0.25, 0.3) is 0 Å². The zero-order chi connectivity index (χ0) is 10.4. The number of rotatable bonds is 4. The second kappa shape index (κ2) is 5.03. The van der Waals surface area contributed by atoms with Gasteiger partial charge in [-0.1, -0.05) is 12.1 Å². The predicted octanol–water partition coefficient (Wildman–Crippen LogP) is 2.55. The normalized spacial score (nSPS) is 9.36. The van der Waals surface area contributed by atoms with E-state index in [9.17, 15) is 10.1 Å². The van der Waals surface area contributed by atoms with Crippen LogP contribution >= 0.6 is 0 Å². The molecule has 0 spiro atoms. The molecule has 0 fully saturated rings. The number of hydrogen-bond acceptors (Lipinski definition) is 2. The van der Waals surface area contributed by atoms with Crippen molar-refractivity contribution < 1.29 is 4.92 Å². The summed E-state index contributed by atoms with van der Waals surface area (Å²) < 4.78 is 0. The number of nitrogens with zero attached hydrogens (tertiary/aromatic N) is 1. The molecule has 0 aromatic heterocycles. The summed E-state index contributed by atoms with van der Waals surface area (Å²) in [6.07, 6.45) is 7.49. The lowest BCUT2D eigenvalue weighted by molar-refractivity contribution is -0.384. The van der Waals surface area contributed by atoms with Crippen molar-refractivity contribution >= 4 is 5.69 Å². The Morgan fingerprint density at radius 3 is 2.93 bits per heavy atom. The van der Waals surface area contributed by atoms with Crippen molar-refractivity contribution in [2.45, 2.75) is 19.3 Å². The Balaban J connectivity index is 2.65. The average molecular weight is 189 g/mol. The second-order valence-electron chi connectivity index (χ2n) is 2.98. The number of nitro benzene ring substituents is 1. The maximum Gasteiger partial charge on any atom is 0.269 e. The van der Waals surface area contributed by atoms with Crippen molar-refractivity contribution in [3.05, 3.63) is 39.9 Å². The molecule has 0 bridgehead atoms. The van der Waals surface area contributed by atoms with E-state index in [4.69, 9.17) is 6.42 Å². The Morgan fingerprint density at radius 2 is 2.29 bits per heavy atom. The molecule has 0 aliphatic carbocycles. The van der Waals surface area contributed by atoms with Gasteiger partial charge in [0.1, 0.15) is 0 Å². The molecule has 72 valence electrons. The molecule has 0 aliphatic rings. The van der Waals surface area contributed by atoms with Gasteiger partial charge in [-0.05, 0) is 18.4 Å². The van der Waals surface area contributed by atoms with Crippen LogP contribution < -0.4 is 0 Å². The molecule has 0 unspecified atom stereocenters. The number of nitro groups is 1. The van der Waals surface area contributed by atoms with E-state index in [2.05, 4.69) is 5.92 Å². The number of aryl methyl sites for hydroxylation is 1. The minimum absolute atomic E-state index is 0.142. The Kier molecular flexibility index (Phi) is 3.69. The molecular formula is C11H11NO2. The molecule has 0 N–H and O–H groups in total. The number of terminal acetylenes is 1. The Labute approximate surface area is 82.9 Å². The van der Waals surface area contributed by atoms with Gasteiger partial charge >= 0.3 is 0 Å². The van der Waals surface area contributed by atoms with Crippen LogP contribution in [-0.2, 0) is 6.42 Å². The number of benzene rings is 1. The van der Waals surface area contributed by atoms with Crippen LogP contribution in [0.4, 0.5) is 5.69 Å². The Bertz CT molecular complexity index is 366. The number of hydrogen-bond donors (Lipinski definition) is 0. The molecule has 3 heteroatoms. The molecule has 1 rings (SSSR count). The monoisotopic (exact) mass is 189 g/mol. The summed E-state index contributed by atoms with van der Waals surface area (Å²) >= 11 is 0. The van der Waals surface area contributed by atoms with Gasteiger partial charge in [-0.25, -0.2) is 0 Å². The summed E-state index contributed by atoms with van der Waals surface area (Å²) in [6, 6.07) is 6.66. The third-order valence-corrected chi connectivity index (χ3v) is 1.91. The van der Waals surface area contributed by atoms with Crippen LogP contribution in [0.3, 0.4) is 0 Å². The molecule has 0 radical (unpaired) electrons. The van der Waals surface area contributed by atoms with E-state index >= 15 is 0 Å². The minimum atomic E-state index is -0.384. The van der Waals surface area contributed by atoms with Crippen molar-refractivity contribution in [2.75, 3.05) is 0 Å². The molecule has 14 heavy (non-hydrogen) atoms. The molecule has 0 aliphatic heterocycles. The summed E-state index contributed by atoms with van der Waals surface area (Å²) in [5, 5.41) is 10.5. The first kappa shape index (κ1) is 10.3. The average Bonchev–Trinajstić information content (AvgIpc) is 2.19. The molecule has 0 atom stereocenters. The summed E-state index contributed by atoms with van der Waals surface area (Å²) in [5.41, 5.74) is 1.11. The fourth-order valence-electron chi connectivity index (χ4n) is 1.22. The molecule has 1 aromatic carbocycles. The quantitative estimate of drug-likeness (QED) is 0.316. The maximum atomic E-state index is 10.5. The highest BCUT2D eigenvalue weighted by Crippen LogP contribution is 2.14. The van der Waals surface area contributed by atoms with Crippen LogP contribution in [0, 0.1) is 22.5 Å². The largest absolute Gasteiger partial charge is 0.269 e. The molecule has 0 saturated heterocycles. The smallest absolute Gasteiger partial charge is 0.258 e. The van der Waals surface area contributed by atoms with E-state index in [0.717, 1.165) is 18.4 Å². The predicted molar refractivity (Wildman–Crippen MR) is 54.9 cm³/mol. The van der Waals surface area contributed by atoms with Crippen molar-refractivity contribution in [3.63, 3.8) is 0 Å². The molecule has 3 nitrogen and oxygen atoms in total. The summed E-state index contributed by atoms with van der Waals surface area (Å²) in [7, 11) is 0. The fraction of sp³-hybridized carbons (Fsp3) is 0.273. The van der Waals surface area contributed by atoms with Crippen LogP contribution in [-0.4, -0.2) is 4.92 Å². The van der Waals surface area contributed by atoms with E-state index in [1.807, 2.05) is 6.07 Å². The lowest BCUT2D eigenvalue weighted by atomic mass is 10.1. The number of non-ortho nitro benzene ring substituents is 1. The van der Waals surface area contributed by atoms with Gasteiger partial charge in [0.15, 0.2) is 0 Å². The van der Waals surface area contributed by atoms with E-state index in [1.165, 1.54) is 6.07 Å². The zero-order valence-electron chi connectivity index (χ0n) is 7.77. The fourth-order valence-corrected chi connectivity index (χ4v) is 1.22. The van der Waals surface area contributed by atoms with Gasteiger partial charge in [0.2, 0.25) is 0 Å². The third kappa shape index (κ3) is 2.91. The van der Waals surface area contributed by atoms with E-state index in [1.54, 1.807) is 12.1 Å². The van der Waals surface area contributed by atoms with Gasteiger partial charge in [-0.15, -0.1) is 12.3 Å². The first-order valence-electron chi connectivity index (χ1n) is 4.41. The summed E-state index contributed by atoms with van der Waals surface area (Å²) in [5.74, 6) is 2.54. The molecule has 0 amide bonds.